The van der Waals surface area contributed by atoms with Gasteiger partial charge in [0.25, 0.3) is 0 Å². The van der Waals surface area contributed by atoms with Crippen molar-refractivity contribution in [2.45, 2.75) is 4.90 Å². The minimum atomic E-state index is -3.35. The van der Waals surface area contributed by atoms with Crippen LogP contribution in [0.2, 0.25) is 5.02 Å². The van der Waals surface area contributed by atoms with E-state index < -0.39 is 9.84 Å². The SMILES string of the molecule is COc1cc(S(C)(=O)=O)c(Cl)cc1N. The molecule has 0 amide bonds. The number of hydrogen-bond donors (Lipinski definition) is 1. The number of sulfone groups is 1. The molecule has 78 valence electrons. The second-order valence-corrected chi connectivity index (χ2v) is 5.19. The molecular weight excluding hydrogens is 226 g/mol. The number of nitrogen functional groups attached to an aromatic ring is 1. The first-order valence-electron chi connectivity index (χ1n) is 3.69. The number of rotatable bonds is 2. The second kappa shape index (κ2) is 3.67. The molecule has 2 N–H and O–H groups in total. The molecule has 0 radical (unpaired) electrons. The van der Waals surface area contributed by atoms with Crippen LogP contribution in [0, 0.1) is 0 Å². The van der Waals surface area contributed by atoms with Crippen molar-refractivity contribution in [1.29, 1.82) is 0 Å². The highest BCUT2D eigenvalue weighted by Gasteiger charge is 2.15. The summed E-state index contributed by atoms with van der Waals surface area (Å²) < 4.78 is 27.4. The molecule has 0 saturated carbocycles. The van der Waals surface area contributed by atoms with Gasteiger partial charge < -0.3 is 10.5 Å². The van der Waals surface area contributed by atoms with Crippen molar-refractivity contribution in [3.63, 3.8) is 0 Å². The van der Waals surface area contributed by atoms with Gasteiger partial charge in [0.2, 0.25) is 0 Å². The summed E-state index contributed by atoms with van der Waals surface area (Å²) in [6.45, 7) is 0. The molecule has 0 fully saturated rings. The molecule has 0 bridgehead atoms. The van der Waals surface area contributed by atoms with E-state index in [0.29, 0.717) is 11.4 Å². The molecule has 0 unspecified atom stereocenters. The zero-order valence-corrected chi connectivity index (χ0v) is 9.32. The lowest BCUT2D eigenvalue weighted by molar-refractivity contribution is 0.415. The van der Waals surface area contributed by atoms with Crippen molar-refractivity contribution in [2.24, 2.45) is 0 Å². The molecule has 0 aliphatic rings. The third-order valence-corrected chi connectivity index (χ3v) is 3.25. The number of ether oxygens (including phenoxy) is 1. The van der Waals surface area contributed by atoms with Crippen LogP contribution in [-0.2, 0) is 9.84 Å². The summed E-state index contributed by atoms with van der Waals surface area (Å²) in [6, 6.07) is 2.67. The Bertz CT molecular complexity index is 456. The largest absolute Gasteiger partial charge is 0.495 e. The van der Waals surface area contributed by atoms with Crippen LogP contribution in [0.3, 0.4) is 0 Å². The molecule has 0 heterocycles. The van der Waals surface area contributed by atoms with Crippen LogP contribution in [0.15, 0.2) is 17.0 Å². The molecule has 4 nitrogen and oxygen atoms in total. The Balaban J connectivity index is 3.47. The predicted molar refractivity (Wildman–Crippen MR) is 55.5 cm³/mol. The average molecular weight is 236 g/mol. The maximum Gasteiger partial charge on any atom is 0.177 e. The topological polar surface area (TPSA) is 69.4 Å². The van der Waals surface area contributed by atoms with Crippen LogP contribution in [-0.4, -0.2) is 21.8 Å². The van der Waals surface area contributed by atoms with Gasteiger partial charge in [-0.3, -0.25) is 0 Å². The quantitative estimate of drug-likeness (QED) is 0.786. The van der Waals surface area contributed by atoms with E-state index in [1.807, 2.05) is 0 Å². The van der Waals surface area contributed by atoms with Gasteiger partial charge in [-0.2, -0.15) is 0 Å². The highest BCUT2D eigenvalue weighted by Crippen LogP contribution is 2.31. The Labute approximate surface area is 87.5 Å². The standard InChI is InChI=1S/C8H10ClNO3S/c1-13-7-4-8(14(2,11)12)5(9)3-6(7)10/h3-4H,10H2,1-2H3. The van der Waals surface area contributed by atoms with E-state index in [1.54, 1.807) is 0 Å². The summed E-state index contributed by atoms with van der Waals surface area (Å²) in [5.41, 5.74) is 5.85. The smallest absolute Gasteiger partial charge is 0.177 e. The van der Waals surface area contributed by atoms with Gasteiger partial charge in [-0.1, -0.05) is 11.6 Å². The Morgan fingerprint density at radius 2 is 2.00 bits per heavy atom. The molecule has 0 aromatic heterocycles. The van der Waals surface area contributed by atoms with Gasteiger partial charge in [-0.05, 0) is 6.07 Å². The Morgan fingerprint density at radius 1 is 1.43 bits per heavy atom. The van der Waals surface area contributed by atoms with Gasteiger partial charge in [-0.25, -0.2) is 8.42 Å². The highest BCUT2D eigenvalue weighted by molar-refractivity contribution is 7.90. The van der Waals surface area contributed by atoms with Crippen molar-refractivity contribution < 1.29 is 13.2 Å². The molecule has 1 aromatic rings. The third-order valence-electron chi connectivity index (χ3n) is 1.68. The fourth-order valence-corrected chi connectivity index (χ4v) is 2.34. The normalized spacial score (nSPS) is 11.4. The molecule has 1 aromatic carbocycles. The number of hydrogen-bond acceptors (Lipinski definition) is 4. The lowest BCUT2D eigenvalue weighted by Gasteiger charge is -2.08. The lowest BCUT2D eigenvalue weighted by atomic mass is 10.3. The van der Waals surface area contributed by atoms with Crippen molar-refractivity contribution in [2.75, 3.05) is 19.1 Å². The monoisotopic (exact) mass is 235 g/mol. The molecule has 0 aliphatic carbocycles. The Hall–Kier alpha value is -0.940. The first-order valence-corrected chi connectivity index (χ1v) is 5.96. The molecule has 0 saturated heterocycles. The van der Waals surface area contributed by atoms with Crippen LogP contribution >= 0.6 is 11.6 Å². The Kier molecular flexibility index (Phi) is 2.92. The van der Waals surface area contributed by atoms with Gasteiger partial charge in [0.15, 0.2) is 9.84 Å². The maximum atomic E-state index is 11.3. The number of anilines is 1. The van der Waals surface area contributed by atoms with E-state index >= 15 is 0 Å². The highest BCUT2D eigenvalue weighted by atomic mass is 35.5. The first kappa shape index (κ1) is 11.1. The minimum absolute atomic E-state index is 0.0187. The van der Waals surface area contributed by atoms with E-state index in [-0.39, 0.29) is 9.92 Å². The van der Waals surface area contributed by atoms with Gasteiger partial charge >= 0.3 is 0 Å². The third kappa shape index (κ3) is 2.10. The maximum absolute atomic E-state index is 11.3. The summed E-state index contributed by atoms with van der Waals surface area (Å²) in [7, 11) is -1.94. The van der Waals surface area contributed by atoms with E-state index in [0.717, 1.165) is 6.26 Å². The van der Waals surface area contributed by atoms with Crippen LogP contribution in [0.1, 0.15) is 0 Å². The number of halogens is 1. The summed E-state index contributed by atoms with van der Waals surface area (Å²) in [6.07, 6.45) is 1.07. The van der Waals surface area contributed by atoms with E-state index in [2.05, 4.69) is 0 Å². The molecule has 0 atom stereocenters. The minimum Gasteiger partial charge on any atom is -0.495 e. The lowest BCUT2D eigenvalue weighted by Crippen LogP contribution is -2.01. The number of nitrogens with two attached hydrogens (primary N) is 1. The van der Waals surface area contributed by atoms with E-state index in [4.69, 9.17) is 22.1 Å². The molecular formula is C8H10ClNO3S. The molecule has 14 heavy (non-hydrogen) atoms. The second-order valence-electron chi connectivity index (χ2n) is 2.80. The average Bonchev–Trinajstić information content (AvgIpc) is 2.02. The van der Waals surface area contributed by atoms with Gasteiger partial charge in [-0.15, -0.1) is 0 Å². The zero-order valence-electron chi connectivity index (χ0n) is 7.74. The van der Waals surface area contributed by atoms with Crippen molar-refractivity contribution >= 4 is 27.1 Å². The Morgan fingerprint density at radius 3 is 2.43 bits per heavy atom. The number of benzene rings is 1. The van der Waals surface area contributed by atoms with E-state index in [1.165, 1.54) is 19.2 Å². The van der Waals surface area contributed by atoms with Gasteiger partial charge in [0, 0.05) is 12.3 Å². The summed E-state index contributed by atoms with van der Waals surface area (Å²) >= 11 is 5.73. The fraction of sp³-hybridized carbons (Fsp3) is 0.250. The summed E-state index contributed by atoms with van der Waals surface area (Å²) in [4.78, 5) is 0.0187. The van der Waals surface area contributed by atoms with Crippen molar-refractivity contribution in [3.05, 3.63) is 17.2 Å². The van der Waals surface area contributed by atoms with Crippen LogP contribution in [0.5, 0.6) is 5.75 Å². The van der Waals surface area contributed by atoms with Crippen molar-refractivity contribution in [1.82, 2.24) is 0 Å². The molecule has 0 spiro atoms. The van der Waals surface area contributed by atoms with Crippen molar-refractivity contribution in [3.8, 4) is 5.75 Å². The molecule has 6 heteroatoms. The fourth-order valence-electron chi connectivity index (χ4n) is 1.01. The van der Waals surface area contributed by atoms with Crippen LogP contribution < -0.4 is 10.5 Å². The summed E-state index contributed by atoms with van der Waals surface area (Å²) in [5, 5.41) is 0.103. The zero-order chi connectivity index (χ0) is 10.9. The van der Waals surface area contributed by atoms with Crippen LogP contribution in [0.4, 0.5) is 5.69 Å². The number of methoxy groups -OCH3 is 1. The van der Waals surface area contributed by atoms with E-state index in [9.17, 15) is 8.42 Å². The van der Waals surface area contributed by atoms with Gasteiger partial charge in [0.05, 0.1) is 22.7 Å². The van der Waals surface area contributed by atoms with Gasteiger partial charge in [0.1, 0.15) is 5.75 Å². The first-order chi connectivity index (χ1) is 6.36. The summed E-state index contributed by atoms with van der Waals surface area (Å²) in [5.74, 6) is 0.301. The predicted octanol–water partition coefficient (Wildman–Crippen LogP) is 1.33. The molecule has 0 aliphatic heterocycles. The van der Waals surface area contributed by atoms with Crippen LogP contribution in [0.25, 0.3) is 0 Å². The molecule has 1 rings (SSSR count).